The van der Waals surface area contributed by atoms with Crippen LogP contribution in [0.25, 0.3) is 0 Å². The first-order valence-corrected chi connectivity index (χ1v) is 4.23. The van der Waals surface area contributed by atoms with Gasteiger partial charge in [-0.2, -0.15) is 0 Å². The lowest BCUT2D eigenvalue weighted by Gasteiger charge is -2.07. The molecule has 0 aromatic rings. The second-order valence-corrected chi connectivity index (χ2v) is 2.43. The van der Waals surface area contributed by atoms with Gasteiger partial charge in [0.15, 0.2) is 0 Å². The fourth-order valence-electron chi connectivity index (χ4n) is 0.433. The van der Waals surface area contributed by atoms with Crippen molar-refractivity contribution >= 4 is 0 Å². The zero-order valence-corrected chi connectivity index (χ0v) is 8.38. The van der Waals surface area contributed by atoms with E-state index in [4.69, 9.17) is 10.6 Å². The molecule has 0 heterocycles. The summed E-state index contributed by atoms with van der Waals surface area (Å²) in [6.45, 7) is 10.6. The Morgan fingerprint density at radius 2 is 2.08 bits per heavy atom. The molecule has 1 unspecified atom stereocenters. The summed E-state index contributed by atoms with van der Waals surface area (Å²) in [4.78, 5) is 4.47. The van der Waals surface area contributed by atoms with Crippen molar-refractivity contribution in [1.82, 2.24) is 0 Å². The van der Waals surface area contributed by atoms with Crippen LogP contribution in [0.1, 0.15) is 27.2 Å². The van der Waals surface area contributed by atoms with Gasteiger partial charge in [-0.15, -0.1) is 6.58 Å². The van der Waals surface area contributed by atoms with E-state index in [0.29, 0.717) is 6.61 Å². The Balaban J connectivity index is 0. The summed E-state index contributed by atoms with van der Waals surface area (Å²) >= 11 is 0. The van der Waals surface area contributed by atoms with Crippen molar-refractivity contribution in [3.63, 3.8) is 0 Å². The summed E-state index contributed by atoms with van der Waals surface area (Å²) in [6, 6.07) is 0. The second-order valence-electron chi connectivity index (χ2n) is 2.43. The third-order valence-electron chi connectivity index (χ3n) is 0.933. The molecule has 0 spiro atoms. The molecule has 0 saturated carbocycles. The van der Waals surface area contributed by atoms with E-state index in [0.717, 1.165) is 13.0 Å². The molecule has 0 rings (SSSR count). The Hall–Kier alpha value is -0.380. The molecule has 0 radical (unpaired) electrons. The van der Waals surface area contributed by atoms with Crippen molar-refractivity contribution in [2.24, 2.45) is 5.90 Å². The Morgan fingerprint density at radius 3 is 2.42 bits per heavy atom. The van der Waals surface area contributed by atoms with Crippen LogP contribution in [0.5, 0.6) is 0 Å². The minimum atomic E-state index is 0.0107. The number of nitrogens with two attached hydrogens (primary N) is 1. The standard InChI is InChI=1S/C6H15NO2.C3H6/c1-3-4-8-5-6(2)9-7;1-3-2/h6H,3-5,7H2,1-2H3;3H,1H2,2H3. The van der Waals surface area contributed by atoms with E-state index in [9.17, 15) is 0 Å². The van der Waals surface area contributed by atoms with Crippen molar-refractivity contribution in [2.45, 2.75) is 33.3 Å². The first-order chi connectivity index (χ1) is 5.72. The van der Waals surface area contributed by atoms with Gasteiger partial charge in [0.1, 0.15) is 0 Å². The molecule has 0 amide bonds. The van der Waals surface area contributed by atoms with Crippen molar-refractivity contribution in [1.29, 1.82) is 0 Å². The SMILES string of the molecule is C=CC.CCCOCC(C)ON. The number of hydrogen-bond acceptors (Lipinski definition) is 3. The molecular formula is C9H21NO2. The number of ether oxygens (including phenoxy) is 1. The van der Waals surface area contributed by atoms with Crippen molar-refractivity contribution in [2.75, 3.05) is 13.2 Å². The highest BCUT2D eigenvalue weighted by Crippen LogP contribution is 1.87. The lowest BCUT2D eigenvalue weighted by Crippen LogP contribution is -2.19. The molecule has 0 saturated heterocycles. The maximum Gasteiger partial charge on any atom is 0.0992 e. The Labute approximate surface area is 75.5 Å². The molecule has 1 atom stereocenters. The highest BCUT2D eigenvalue weighted by Gasteiger charge is 1.97. The third-order valence-corrected chi connectivity index (χ3v) is 0.933. The highest BCUT2D eigenvalue weighted by atomic mass is 16.6. The van der Waals surface area contributed by atoms with Gasteiger partial charge in [-0.1, -0.05) is 13.0 Å². The predicted molar refractivity (Wildman–Crippen MR) is 51.7 cm³/mol. The first kappa shape index (κ1) is 14.2. The lowest BCUT2D eigenvalue weighted by molar-refractivity contribution is -0.00738. The summed E-state index contributed by atoms with van der Waals surface area (Å²) in [5.74, 6) is 4.87. The van der Waals surface area contributed by atoms with Gasteiger partial charge < -0.3 is 4.74 Å². The van der Waals surface area contributed by atoms with Crippen LogP contribution in [0, 0.1) is 0 Å². The van der Waals surface area contributed by atoms with Crippen LogP contribution in [-0.4, -0.2) is 19.3 Å². The summed E-state index contributed by atoms with van der Waals surface area (Å²) in [5.41, 5.74) is 0. The Bertz CT molecular complexity index is 86.6. The van der Waals surface area contributed by atoms with E-state index in [-0.39, 0.29) is 6.10 Å². The zero-order valence-electron chi connectivity index (χ0n) is 8.38. The van der Waals surface area contributed by atoms with Crippen LogP contribution in [0.3, 0.4) is 0 Å². The van der Waals surface area contributed by atoms with Gasteiger partial charge in [-0.25, -0.2) is 5.90 Å². The Kier molecular flexibility index (Phi) is 15.6. The molecule has 12 heavy (non-hydrogen) atoms. The molecule has 0 fully saturated rings. The van der Waals surface area contributed by atoms with E-state index in [2.05, 4.69) is 18.3 Å². The smallest absolute Gasteiger partial charge is 0.0992 e. The molecule has 2 N–H and O–H groups in total. The average molecular weight is 175 g/mol. The second kappa shape index (κ2) is 13.2. The fourth-order valence-corrected chi connectivity index (χ4v) is 0.433. The van der Waals surface area contributed by atoms with Crippen molar-refractivity contribution in [3.8, 4) is 0 Å². The van der Waals surface area contributed by atoms with Gasteiger partial charge in [-0.05, 0) is 20.3 Å². The molecule has 0 aromatic heterocycles. The highest BCUT2D eigenvalue weighted by molar-refractivity contribution is 4.51. The molecule has 3 nitrogen and oxygen atoms in total. The number of allylic oxidation sites excluding steroid dienone is 1. The number of hydrogen-bond donors (Lipinski definition) is 1. The minimum Gasteiger partial charge on any atom is -0.379 e. The maximum atomic E-state index is 5.13. The van der Waals surface area contributed by atoms with Gasteiger partial charge in [0.05, 0.1) is 12.7 Å². The normalized spacial score (nSPS) is 11.3. The summed E-state index contributed by atoms with van der Waals surface area (Å²) < 4.78 is 5.13. The van der Waals surface area contributed by atoms with Gasteiger partial charge in [0.25, 0.3) is 0 Å². The fraction of sp³-hybridized carbons (Fsp3) is 0.778. The van der Waals surface area contributed by atoms with E-state index < -0.39 is 0 Å². The first-order valence-electron chi connectivity index (χ1n) is 4.23. The van der Waals surface area contributed by atoms with Gasteiger partial charge in [-0.3, -0.25) is 4.84 Å². The van der Waals surface area contributed by atoms with Crippen LogP contribution in [-0.2, 0) is 9.57 Å². The molecule has 0 bridgehead atoms. The van der Waals surface area contributed by atoms with Crippen molar-refractivity contribution < 1.29 is 9.57 Å². The molecule has 0 aliphatic rings. The summed E-state index contributed by atoms with van der Waals surface area (Å²) in [7, 11) is 0. The average Bonchev–Trinajstić information content (AvgIpc) is 2.06. The molecular weight excluding hydrogens is 154 g/mol. The molecule has 0 aliphatic heterocycles. The molecule has 74 valence electrons. The summed E-state index contributed by atoms with van der Waals surface area (Å²) in [5, 5.41) is 0. The molecule has 3 heteroatoms. The van der Waals surface area contributed by atoms with Gasteiger partial charge in [0, 0.05) is 6.61 Å². The number of rotatable bonds is 5. The van der Waals surface area contributed by atoms with Crippen molar-refractivity contribution in [3.05, 3.63) is 12.7 Å². The molecule has 0 aliphatic carbocycles. The largest absolute Gasteiger partial charge is 0.379 e. The van der Waals surface area contributed by atoms with E-state index in [1.54, 1.807) is 6.08 Å². The van der Waals surface area contributed by atoms with E-state index >= 15 is 0 Å². The summed E-state index contributed by atoms with van der Waals surface area (Å²) in [6.07, 6.45) is 2.80. The third kappa shape index (κ3) is 16.3. The lowest BCUT2D eigenvalue weighted by atomic mass is 10.4. The predicted octanol–water partition coefficient (Wildman–Crippen LogP) is 1.88. The minimum absolute atomic E-state index is 0.0107. The van der Waals surface area contributed by atoms with E-state index in [1.165, 1.54) is 0 Å². The maximum absolute atomic E-state index is 5.13. The van der Waals surface area contributed by atoms with Crippen LogP contribution in [0.4, 0.5) is 0 Å². The Morgan fingerprint density at radius 1 is 1.58 bits per heavy atom. The topological polar surface area (TPSA) is 44.5 Å². The van der Waals surface area contributed by atoms with Crippen LogP contribution >= 0.6 is 0 Å². The monoisotopic (exact) mass is 175 g/mol. The zero-order chi connectivity index (χ0) is 9.82. The van der Waals surface area contributed by atoms with Gasteiger partial charge >= 0.3 is 0 Å². The van der Waals surface area contributed by atoms with Crippen LogP contribution in [0.2, 0.25) is 0 Å². The quantitative estimate of drug-likeness (QED) is 0.394. The van der Waals surface area contributed by atoms with Gasteiger partial charge in [0.2, 0.25) is 0 Å². The van der Waals surface area contributed by atoms with Crippen LogP contribution in [0.15, 0.2) is 12.7 Å². The van der Waals surface area contributed by atoms with E-state index in [1.807, 2.05) is 13.8 Å². The van der Waals surface area contributed by atoms with Crippen LogP contribution < -0.4 is 5.90 Å². The molecule has 0 aromatic carbocycles.